The predicted molar refractivity (Wildman–Crippen MR) is 110 cm³/mol. The molecule has 2 aromatic rings. The molecule has 1 aliphatic heterocycles. The van der Waals surface area contributed by atoms with Crippen molar-refractivity contribution in [1.29, 1.82) is 0 Å². The fourth-order valence-corrected chi connectivity index (χ4v) is 3.08. The second kappa shape index (κ2) is 9.43. The summed E-state index contributed by atoms with van der Waals surface area (Å²) in [5.74, 6) is 0.791. The summed E-state index contributed by atoms with van der Waals surface area (Å²) in [6.45, 7) is 0.121. The van der Waals surface area contributed by atoms with Crippen LogP contribution in [0.3, 0.4) is 0 Å². The Morgan fingerprint density at radius 2 is 1.90 bits per heavy atom. The number of carbonyl (C=O) groups excluding carboxylic acids is 2. The summed E-state index contributed by atoms with van der Waals surface area (Å²) in [6.07, 6.45) is 0.836. The van der Waals surface area contributed by atoms with Crippen LogP contribution in [0.15, 0.2) is 47.6 Å². The maximum atomic E-state index is 12.4. The molecule has 0 aliphatic carbocycles. The molecule has 0 fully saturated rings. The van der Waals surface area contributed by atoms with Crippen LogP contribution in [0.4, 0.5) is 0 Å². The third-order valence-corrected chi connectivity index (χ3v) is 4.80. The Bertz CT molecular complexity index is 928. The highest BCUT2D eigenvalue weighted by Gasteiger charge is 2.23. The molecule has 0 spiro atoms. The van der Waals surface area contributed by atoms with Crippen LogP contribution in [0.25, 0.3) is 0 Å². The number of amides is 2. The van der Waals surface area contributed by atoms with E-state index in [9.17, 15) is 9.59 Å². The van der Waals surface area contributed by atoms with Crippen molar-refractivity contribution < 1.29 is 19.1 Å². The summed E-state index contributed by atoms with van der Waals surface area (Å²) < 4.78 is 10.5. The predicted octanol–water partition coefficient (Wildman–Crippen LogP) is 3.00. The van der Waals surface area contributed by atoms with Crippen molar-refractivity contribution in [2.45, 2.75) is 19.4 Å². The summed E-state index contributed by atoms with van der Waals surface area (Å²) in [7, 11) is 3.13. The van der Waals surface area contributed by atoms with Crippen LogP contribution in [0.2, 0.25) is 5.02 Å². The molecule has 7 nitrogen and oxygen atoms in total. The normalized spacial score (nSPS) is 13.7. The van der Waals surface area contributed by atoms with E-state index in [2.05, 4.69) is 10.4 Å². The van der Waals surface area contributed by atoms with Gasteiger partial charge < -0.3 is 14.8 Å². The Morgan fingerprint density at radius 3 is 2.59 bits per heavy atom. The number of hydrazone groups is 1. The lowest BCUT2D eigenvalue weighted by Gasteiger charge is -2.23. The molecule has 2 aromatic carbocycles. The first-order chi connectivity index (χ1) is 14.0. The molecule has 0 atom stereocenters. The van der Waals surface area contributed by atoms with Crippen molar-refractivity contribution in [3.8, 4) is 11.5 Å². The van der Waals surface area contributed by atoms with Crippen LogP contribution in [-0.4, -0.2) is 43.3 Å². The minimum atomic E-state index is -0.308. The van der Waals surface area contributed by atoms with Crippen LogP contribution < -0.4 is 14.8 Å². The summed E-state index contributed by atoms with van der Waals surface area (Å²) >= 11 is 5.92. The van der Waals surface area contributed by atoms with E-state index < -0.39 is 0 Å². The molecule has 1 heterocycles. The molecule has 0 bridgehead atoms. The number of methoxy groups -OCH3 is 2. The lowest BCUT2D eigenvalue weighted by molar-refractivity contribution is -0.136. The van der Waals surface area contributed by atoms with Gasteiger partial charge in [-0.1, -0.05) is 23.7 Å². The van der Waals surface area contributed by atoms with E-state index in [0.29, 0.717) is 29.4 Å². The molecule has 0 radical (unpaired) electrons. The molecule has 0 unspecified atom stereocenters. The molecular formula is C21H22ClN3O4. The largest absolute Gasteiger partial charge is 0.497 e. The molecule has 0 aromatic heterocycles. The zero-order valence-electron chi connectivity index (χ0n) is 16.3. The van der Waals surface area contributed by atoms with E-state index in [1.807, 2.05) is 18.2 Å². The molecule has 3 rings (SSSR count). The highest BCUT2D eigenvalue weighted by atomic mass is 35.5. The van der Waals surface area contributed by atoms with Crippen molar-refractivity contribution in [2.24, 2.45) is 5.10 Å². The molecule has 152 valence electrons. The summed E-state index contributed by atoms with van der Waals surface area (Å²) in [4.78, 5) is 24.6. The van der Waals surface area contributed by atoms with Crippen molar-refractivity contribution in [2.75, 3.05) is 20.8 Å². The number of nitrogens with zero attached hydrogens (tertiary/aromatic N) is 2. The second-order valence-corrected chi connectivity index (χ2v) is 6.90. The van der Waals surface area contributed by atoms with Crippen molar-refractivity contribution >= 4 is 29.1 Å². The van der Waals surface area contributed by atoms with E-state index in [1.165, 1.54) is 5.01 Å². The van der Waals surface area contributed by atoms with Crippen LogP contribution >= 0.6 is 11.6 Å². The molecule has 0 saturated heterocycles. The van der Waals surface area contributed by atoms with Crippen molar-refractivity contribution in [3.05, 3.63) is 58.6 Å². The SMILES string of the molecule is COc1ccc(CNC(=O)CN2N=C(c3ccc(Cl)cc3)CCC2=O)c(OC)c1. The zero-order valence-corrected chi connectivity index (χ0v) is 17.0. The number of nitrogens with one attached hydrogen (secondary N) is 1. The summed E-state index contributed by atoms with van der Waals surface area (Å²) in [6, 6.07) is 12.6. The van der Waals surface area contributed by atoms with Gasteiger partial charge >= 0.3 is 0 Å². The second-order valence-electron chi connectivity index (χ2n) is 6.46. The zero-order chi connectivity index (χ0) is 20.8. The van der Waals surface area contributed by atoms with Gasteiger partial charge in [-0.05, 0) is 29.8 Å². The first kappa shape index (κ1) is 20.7. The Labute approximate surface area is 174 Å². The highest BCUT2D eigenvalue weighted by molar-refractivity contribution is 6.30. The standard InChI is InChI=1S/C21H22ClN3O4/c1-28-17-8-5-15(19(11-17)29-2)12-23-20(26)13-25-21(27)10-9-18(24-25)14-3-6-16(22)7-4-14/h3-8,11H,9-10,12-13H2,1-2H3,(H,23,26). The van der Waals surface area contributed by atoms with Gasteiger partial charge in [-0.15, -0.1) is 0 Å². The van der Waals surface area contributed by atoms with Crippen LogP contribution in [0, 0.1) is 0 Å². The van der Waals surface area contributed by atoms with Crippen molar-refractivity contribution in [3.63, 3.8) is 0 Å². The van der Waals surface area contributed by atoms with E-state index in [1.54, 1.807) is 38.5 Å². The van der Waals surface area contributed by atoms with Gasteiger partial charge in [-0.3, -0.25) is 9.59 Å². The minimum Gasteiger partial charge on any atom is -0.497 e. The van der Waals surface area contributed by atoms with Gasteiger partial charge in [0.05, 0.1) is 19.9 Å². The van der Waals surface area contributed by atoms with Gasteiger partial charge in [0.15, 0.2) is 0 Å². The smallest absolute Gasteiger partial charge is 0.243 e. The average molecular weight is 416 g/mol. The number of benzene rings is 2. The Balaban J connectivity index is 1.64. The number of hydrogen-bond donors (Lipinski definition) is 1. The lowest BCUT2D eigenvalue weighted by Crippen LogP contribution is -2.40. The maximum Gasteiger partial charge on any atom is 0.243 e. The fraction of sp³-hybridized carbons (Fsp3) is 0.286. The third-order valence-electron chi connectivity index (χ3n) is 4.55. The topological polar surface area (TPSA) is 80.2 Å². The fourth-order valence-electron chi connectivity index (χ4n) is 2.96. The van der Waals surface area contributed by atoms with Gasteiger partial charge in [0.1, 0.15) is 18.0 Å². The highest BCUT2D eigenvalue weighted by Crippen LogP contribution is 2.24. The van der Waals surface area contributed by atoms with E-state index in [4.69, 9.17) is 21.1 Å². The van der Waals surface area contributed by atoms with Crippen LogP contribution in [0.1, 0.15) is 24.0 Å². The summed E-state index contributed by atoms with van der Waals surface area (Å²) in [5.41, 5.74) is 2.44. The molecule has 2 amide bonds. The monoisotopic (exact) mass is 415 g/mol. The van der Waals surface area contributed by atoms with Gasteiger partial charge in [0.25, 0.3) is 0 Å². The van der Waals surface area contributed by atoms with Gasteiger partial charge in [-0.25, -0.2) is 5.01 Å². The Kier molecular flexibility index (Phi) is 6.72. The first-order valence-electron chi connectivity index (χ1n) is 9.11. The number of halogens is 1. The van der Waals surface area contributed by atoms with Gasteiger partial charge in [0, 0.05) is 36.0 Å². The Hall–Kier alpha value is -3.06. The average Bonchev–Trinajstić information content (AvgIpc) is 2.74. The van der Waals surface area contributed by atoms with Gasteiger partial charge in [0.2, 0.25) is 11.8 Å². The van der Waals surface area contributed by atoms with E-state index in [0.717, 1.165) is 16.8 Å². The number of carbonyl (C=O) groups is 2. The van der Waals surface area contributed by atoms with E-state index in [-0.39, 0.29) is 24.9 Å². The van der Waals surface area contributed by atoms with Gasteiger partial charge in [-0.2, -0.15) is 5.10 Å². The molecule has 29 heavy (non-hydrogen) atoms. The molecule has 1 N–H and O–H groups in total. The van der Waals surface area contributed by atoms with Crippen molar-refractivity contribution in [1.82, 2.24) is 10.3 Å². The lowest BCUT2D eigenvalue weighted by atomic mass is 10.0. The molecular weight excluding hydrogens is 394 g/mol. The molecule has 0 saturated carbocycles. The quantitative estimate of drug-likeness (QED) is 0.753. The van der Waals surface area contributed by atoms with Crippen LogP contribution in [-0.2, 0) is 16.1 Å². The van der Waals surface area contributed by atoms with Crippen LogP contribution in [0.5, 0.6) is 11.5 Å². The first-order valence-corrected chi connectivity index (χ1v) is 9.49. The number of hydrogen-bond acceptors (Lipinski definition) is 5. The van der Waals surface area contributed by atoms with E-state index >= 15 is 0 Å². The number of rotatable bonds is 7. The third kappa shape index (κ3) is 5.26. The minimum absolute atomic E-state index is 0.144. The summed E-state index contributed by atoms with van der Waals surface area (Å²) in [5, 5.41) is 9.02. The molecule has 1 aliphatic rings. The maximum absolute atomic E-state index is 12.4. The number of ether oxygens (including phenoxy) is 2. The Morgan fingerprint density at radius 1 is 1.14 bits per heavy atom. The molecule has 8 heteroatoms.